The van der Waals surface area contributed by atoms with Gasteiger partial charge in [0.2, 0.25) is 0 Å². The number of carbonyl (C=O) groups excluding carboxylic acids is 1. The lowest BCUT2D eigenvalue weighted by atomic mass is 9.92. The van der Waals surface area contributed by atoms with Crippen LogP contribution in [0.2, 0.25) is 0 Å². The maximum absolute atomic E-state index is 12.3. The summed E-state index contributed by atoms with van der Waals surface area (Å²) in [6.07, 6.45) is 4.58. The van der Waals surface area contributed by atoms with Crippen LogP contribution in [-0.4, -0.2) is 31.3 Å². The molecule has 0 fully saturated rings. The third-order valence-electron chi connectivity index (χ3n) is 2.98. The maximum atomic E-state index is 12.3. The molecule has 3 heteroatoms. The van der Waals surface area contributed by atoms with Gasteiger partial charge in [0.15, 0.2) is 5.78 Å². The van der Waals surface area contributed by atoms with Gasteiger partial charge >= 0.3 is 0 Å². The smallest absolute Gasteiger partial charge is 0.160 e. The SMILES string of the molecule is CC(C)CC(CN(C)C)C(=O)/C=C/c1ccccc1.Cl. The van der Waals surface area contributed by atoms with Crippen LogP contribution < -0.4 is 0 Å². The molecule has 0 aliphatic heterocycles. The fraction of sp³-hybridized carbons (Fsp3) is 0.471. The fourth-order valence-electron chi connectivity index (χ4n) is 2.17. The number of nitrogens with zero attached hydrogens (tertiary/aromatic N) is 1. The van der Waals surface area contributed by atoms with Crippen LogP contribution in [0.3, 0.4) is 0 Å². The second-order valence-corrected chi connectivity index (χ2v) is 5.74. The lowest BCUT2D eigenvalue weighted by molar-refractivity contribution is -0.119. The summed E-state index contributed by atoms with van der Waals surface area (Å²) in [7, 11) is 4.03. The van der Waals surface area contributed by atoms with E-state index in [-0.39, 0.29) is 24.1 Å². The second-order valence-electron chi connectivity index (χ2n) is 5.74. The third-order valence-corrected chi connectivity index (χ3v) is 2.98. The topological polar surface area (TPSA) is 20.3 Å². The molecule has 0 aromatic heterocycles. The minimum absolute atomic E-state index is 0. The number of ketones is 1. The Morgan fingerprint density at radius 1 is 1.20 bits per heavy atom. The fourth-order valence-corrected chi connectivity index (χ4v) is 2.17. The van der Waals surface area contributed by atoms with E-state index < -0.39 is 0 Å². The van der Waals surface area contributed by atoms with Crippen LogP contribution in [0.15, 0.2) is 36.4 Å². The molecule has 0 heterocycles. The number of hydrogen-bond acceptors (Lipinski definition) is 2. The van der Waals surface area contributed by atoms with Crippen molar-refractivity contribution in [2.75, 3.05) is 20.6 Å². The molecule has 1 atom stereocenters. The van der Waals surface area contributed by atoms with Crippen molar-refractivity contribution in [2.45, 2.75) is 20.3 Å². The average molecular weight is 296 g/mol. The normalized spacial score (nSPS) is 12.7. The molecule has 1 aromatic rings. The van der Waals surface area contributed by atoms with Gasteiger partial charge in [-0.05, 0) is 38.1 Å². The Morgan fingerprint density at radius 3 is 2.30 bits per heavy atom. The highest BCUT2D eigenvalue weighted by atomic mass is 35.5. The van der Waals surface area contributed by atoms with E-state index in [0.717, 1.165) is 18.5 Å². The lowest BCUT2D eigenvalue weighted by Crippen LogP contribution is -2.28. The van der Waals surface area contributed by atoms with Crippen molar-refractivity contribution in [1.82, 2.24) is 4.90 Å². The van der Waals surface area contributed by atoms with Gasteiger partial charge in [-0.2, -0.15) is 0 Å². The molecule has 1 unspecified atom stereocenters. The van der Waals surface area contributed by atoms with E-state index in [1.165, 1.54) is 0 Å². The van der Waals surface area contributed by atoms with Gasteiger partial charge in [-0.25, -0.2) is 0 Å². The minimum atomic E-state index is 0. The van der Waals surface area contributed by atoms with Crippen molar-refractivity contribution >= 4 is 24.3 Å². The number of hydrogen-bond donors (Lipinski definition) is 0. The molecule has 20 heavy (non-hydrogen) atoms. The molecule has 0 N–H and O–H groups in total. The van der Waals surface area contributed by atoms with Crippen molar-refractivity contribution in [1.29, 1.82) is 0 Å². The summed E-state index contributed by atoms with van der Waals surface area (Å²) in [5, 5.41) is 0. The van der Waals surface area contributed by atoms with Gasteiger partial charge in [0.1, 0.15) is 0 Å². The summed E-state index contributed by atoms with van der Waals surface area (Å²) in [5.74, 6) is 0.861. The molecule has 0 aliphatic carbocycles. The summed E-state index contributed by atoms with van der Waals surface area (Å²) >= 11 is 0. The number of carbonyl (C=O) groups is 1. The van der Waals surface area contributed by atoms with Crippen molar-refractivity contribution in [3.05, 3.63) is 42.0 Å². The van der Waals surface area contributed by atoms with E-state index in [1.807, 2.05) is 50.5 Å². The molecule has 1 aromatic carbocycles. The third kappa shape index (κ3) is 7.46. The highest BCUT2D eigenvalue weighted by molar-refractivity contribution is 5.95. The molecule has 0 spiro atoms. The van der Waals surface area contributed by atoms with E-state index in [4.69, 9.17) is 0 Å². The molecule has 1 rings (SSSR count). The van der Waals surface area contributed by atoms with E-state index in [9.17, 15) is 4.79 Å². The van der Waals surface area contributed by atoms with Crippen LogP contribution in [-0.2, 0) is 4.79 Å². The van der Waals surface area contributed by atoms with Crippen LogP contribution in [0.5, 0.6) is 0 Å². The summed E-state index contributed by atoms with van der Waals surface area (Å²) in [5.41, 5.74) is 1.07. The first-order chi connectivity index (χ1) is 8.99. The maximum Gasteiger partial charge on any atom is 0.160 e. The van der Waals surface area contributed by atoms with Gasteiger partial charge in [0.25, 0.3) is 0 Å². The van der Waals surface area contributed by atoms with Gasteiger partial charge in [-0.1, -0.05) is 50.3 Å². The summed E-state index contributed by atoms with van der Waals surface area (Å²) < 4.78 is 0. The number of rotatable bonds is 7. The molecule has 0 radical (unpaired) electrons. The molecule has 112 valence electrons. The highest BCUT2D eigenvalue weighted by Gasteiger charge is 2.18. The Balaban J connectivity index is 0.00000361. The monoisotopic (exact) mass is 295 g/mol. The van der Waals surface area contributed by atoms with Crippen molar-refractivity contribution in [3.8, 4) is 0 Å². The molecule has 0 amide bonds. The minimum Gasteiger partial charge on any atom is -0.309 e. The largest absolute Gasteiger partial charge is 0.309 e. The Hall–Kier alpha value is -1.12. The van der Waals surface area contributed by atoms with Crippen molar-refractivity contribution < 1.29 is 4.79 Å². The molecular weight excluding hydrogens is 270 g/mol. The van der Waals surface area contributed by atoms with Gasteiger partial charge in [0.05, 0.1) is 0 Å². The predicted molar refractivity (Wildman–Crippen MR) is 89.2 cm³/mol. The second kappa shape index (κ2) is 9.73. The Labute approximate surface area is 129 Å². The zero-order valence-electron chi connectivity index (χ0n) is 12.9. The van der Waals surface area contributed by atoms with Crippen LogP contribution in [0.4, 0.5) is 0 Å². The van der Waals surface area contributed by atoms with E-state index in [2.05, 4.69) is 18.7 Å². The first-order valence-electron chi connectivity index (χ1n) is 6.90. The number of halogens is 1. The molecule has 0 bridgehead atoms. The Bertz CT molecular complexity index is 402. The van der Waals surface area contributed by atoms with Crippen molar-refractivity contribution in [3.63, 3.8) is 0 Å². The zero-order valence-corrected chi connectivity index (χ0v) is 13.7. The molecule has 0 saturated heterocycles. The zero-order chi connectivity index (χ0) is 14.3. The number of benzene rings is 1. The van der Waals surface area contributed by atoms with Crippen LogP contribution in [0.1, 0.15) is 25.8 Å². The number of allylic oxidation sites excluding steroid dienone is 1. The lowest BCUT2D eigenvalue weighted by Gasteiger charge is -2.20. The van der Waals surface area contributed by atoms with Gasteiger partial charge in [-0.15, -0.1) is 12.4 Å². The Kier molecular flexibility index (Phi) is 9.19. The average Bonchev–Trinajstić information content (AvgIpc) is 2.35. The standard InChI is InChI=1S/C17H25NO.ClH/c1-14(2)12-16(13-18(3)4)17(19)11-10-15-8-6-5-7-9-15;/h5-11,14,16H,12-13H2,1-4H3;1H/b11-10+;. The van der Waals surface area contributed by atoms with Crippen LogP contribution in [0, 0.1) is 11.8 Å². The highest BCUT2D eigenvalue weighted by Crippen LogP contribution is 2.15. The van der Waals surface area contributed by atoms with Gasteiger partial charge in [0, 0.05) is 12.5 Å². The summed E-state index contributed by atoms with van der Waals surface area (Å²) in [6.45, 7) is 5.14. The molecule has 0 saturated carbocycles. The first-order valence-corrected chi connectivity index (χ1v) is 6.90. The first kappa shape index (κ1) is 18.9. The van der Waals surface area contributed by atoms with Gasteiger partial charge in [-0.3, -0.25) is 4.79 Å². The van der Waals surface area contributed by atoms with Crippen LogP contribution >= 0.6 is 12.4 Å². The predicted octanol–water partition coefficient (Wildman–Crippen LogP) is 3.91. The molecule has 2 nitrogen and oxygen atoms in total. The van der Waals surface area contributed by atoms with E-state index in [0.29, 0.717) is 5.92 Å². The van der Waals surface area contributed by atoms with Crippen LogP contribution in [0.25, 0.3) is 6.08 Å². The molecular formula is C17H26ClNO. The quantitative estimate of drug-likeness (QED) is 0.711. The summed E-state index contributed by atoms with van der Waals surface area (Å²) in [6, 6.07) is 9.96. The summed E-state index contributed by atoms with van der Waals surface area (Å²) in [4.78, 5) is 14.4. The van der Waals surface area contributed by atoms with E-state index >= 15 is 0 Å². The van der Waals surface area contributed by atoms with Gasteiger partial charge < -0.3 is 4.90 Å². The van der Waals surface area contributed by atoms with Crippen molar-refractivity contribution in [2.24, 2.45) is 11.8 Å². The molecule has 0 aliphatic rings. The Morgan fingerprint density at radius 2 is 1.80 bits per heavy atom. The van der Waals surface area contributed by atoms with E-state index in [1.54, 1.807) is 6.08 Å².